The Morgan fingerprint density at radius 2 is 1.56 bits per heavy atom. The van der Waals surface area contributed by atoms with Gasteiger partial charge in [-0.3, -0.25) is 4.90 Å². The van der Waals surface area contributed by atoms with Crippen molar-refractivity contribution in [3.63, 3.8) is 0 Å². The van der Waals surface area contributed by atoms with Crippen LogP contribution in [0.15, 0.2) is 48.5 Å². The molecule has 0 spiro atoms. The highest BCUT2D eigenvalue weighted by Crippen LogP contribution is 2.36. The number of nitrogens with zero attached hydrogens (tertiary/aromatic N) is 6. The summed E-state index contributed by atoms with van der Waals surface area (Å²) in [7, 11) is 3.31. The first-order valence-electron chi connectivity index (χ1n) is 11.0. The predicted molar refractivity (Wildman–Crippen MR) is 124 cm³/mol. The molecule has 0 aliphatic carbocycles. The number of aromatic nitrogens is 4. The van der Waals surface area contributed by atoms with E-state index in [0.29, 0.717) is 11.5 Å². The average Bonchev–Trinajstić information content (AvgIpc) is 3.30. The van der Waals surface area contributed by atoms with Crippen LogP contribution in [0.1, 0.15) is 38.2 Å². The van der Waals surface area contributed by atoms with Crippen LogP contribution in [0.3, 0.4) is 0 Å². The molecule has 8 heteroatoms. The Labute approximate surface area is 189 Å². The summed E-state index contributed by atoms with van der Waals surface area (Å²) >= 11 is 0. The second kappa shape index (κ2) is 9.16. The van der Waals surface area contributed by atoms with Crippen LogP contribution in [-0.2, 0) is 5.54 Å². The van der Waals surface area contributed by atoms with E-state index in [1.165, 1.54) is 5.69 Å². The summed E-state index contributed by atoms with van der Waals surface area (Å²) in [6, 6.07) is 16.5. The first-order valence-corrected chi connectivity index (χ1v) is 11.0. The molecular formula is C24H32N6O2. The Morgan fingerprint density at radius 3 is 2.19 bits per heavy atom. The largest absolute Gasteiger partial charge is 0.493 e. The van der Waals surface area contributed by atoms with Crippen LogP contribution in [-0.4, -0.2) is 65.5 Å². The Kier molecular flexibility index (Phi) is 6.32. The van der Waals surface area contributed by atoms with Crippen molar-refractivity contribution >= 4 is 5.69 Å². The predicted octanol–water partition coefficient (Wildman–Crippen LogP) is 3.36. The molecule has 3 aromatic rings. The van der Waals surface area contributed by atoms with Gasteiger partial charge in [-0.1, -0.05) is 24.3 Å². The molecule has 1 aliphatic rings. The second-order valence-corrected chi connectivity index (χ2v) is 9.00. The number of methoxy groups -OCH3 is 2. The molecule has 1 atom stereocenters. The van der Waals surface area contributed by atoms with Gasteiger partial charge in [-0.2, -0.15) is 0 Å². The molecule has 0 saturated carbocycles. The fraction of sp³-hybridized carbons (Fsp3) is 0.458. The van der Waals surface area contributed by atoms with E-state index in [0.717, 1.165) is 37.6 Å². The summed E-state index contributed by atoms with van der Waals surface area (Å²) in [6.07, 6.45) is 0. The van der Waals surface area contributed by atoms with Gasteiger partial charge in [-0.25, -0.2) is 4.68 Å². The molecule has 1 fully saturated rings. The van der Waals surface area contributed by atoms with Gasteiger partial charge in [0.25, 0.3) is 0 Å². The van der Waals surface area contributed by atoms with E-state index in [9.17, 15) is 0 Å². The molecule has 4 rings (SSSR count). The zero-order valence-electron chi connectivity index (χ0n) is 19.5. The summed E-state index contributed by atoms with van der Waals surface area (Å²) in [4.78, 5) is 4.88. The van der Waals surface area contributed by atoms with Crippen molar-refractivity contribution in [1.29, 1.82) is 0 Å². The summed E-state index contributed by atoms with van der Waals surface area (Å²) in [5, 5.41) is 12.9. The number of para-hydroxylation sites is 1. The molecule has 0 radical (unpaired) electrons. The van der Waals surface area contributed by atoms with Crippen molar-refractivity contribution in [2.75, 3.05) is 45.3 Å². The van der Waals surface area contributed by atoms with Gasteiger partial charge in [0.2, 0.25) is 0 Å². The molecule has 0 bridgehead atoms. The second-order valence-electron chi connectivity index (χ2n) is 9.00. The van der Waals surface area contributed by atoms with Gasteiger partial charge in [-0.15, -0.1) is 5.10 Å². The number of hydrogen-bond donors (Lipinski definition) is 0. The van der Waals surface area contributed by atoms with Crippen molar-refractivity contribution in [2.24, 2.45) is 0 Å². The minimum absolute atomic E-state index is 0.0954. The molecule has 0 amide bonds. The van der Waals surface area contributed by atoms with E-state index in [4.69, 9.17) is 9.47 Å². The summed E-state index contributed by atoms with van der Waals surface area (Å²) in [5.74, 6) is 2.24. The van der Waals surface area contributed by atoms with Gasteiger partial charge in [0.05, 0.1) is 25.8 Å². The van der Waals surface area contributed by atoms with Crippen molar-refractivity contribution in [3.05, 3.63) is 59.9 Å². The van der Waals surface area contributed by atoms with Gasteiger partial charge in [0.15, 0.2) is 17.3 Å². The first-order chi connectivity index (χ1) is 15.4. The lowest BCUT2D eigenvalue weighted by Crippen LogP contribution is -2.48. The SMILES string of the molecule is COc1ccc([C@H](c2nnnn2C(C)(C)C)N2CCN(c3ccccc3)CC2)cc1OC. The first kappa shape index (κ1) is 22.1. The Morgan fingerprint density at radius 1 is 0.875 bits per heavy atom. The van der Waals surface area contributed by atoms with Gasteiger partial charge in [-0.05, 0) is 61.0 Å². The van der Waals surface area contributed by atoms with E-state index in [2.05, 4.69) is 82.5 Å². The van der Waals surface area contributed by atoms with Crippen LogP contribution in [0.4, 0.5) is 5.69 Å². The minimum atomic E-state index is -0.237. The molecule has 0 N–H and O–H groups in total. The summed E-state index contributed by atoms with van der Waals surface area (Å²) in [5.41, 5.74) is 2.10. The number of piperazine rings is 1. The molecule has 1 saturated heterocycles. The Balaban J connectivity index is 1.69. The van der Waals surface area contributed by atoms with Crippen LogP contribution in [0.25, 0.3) is 0 Å². The highest BCUT2D eigenvalue weighted by molar-refractivity contribution is 5.47. The smallest absolute Gasteiger partial charge is 0.173 e. The van der Waals surface area contributed by atoms with Crippen molar-refractivity contribution in [1.82, 2.24) is 25.1 Å². The fourth-order valence-corrected chi connectivity index (χ4v) is 4.27. The molecule has 2 aromatic carbocycles. The number of hydrogen-bond acceptors (Lipinski definition) is 7. The third-order valence-electron chi connectivity index (χ3n) is 5.90. The van der Waals surface area contributed by atoms with E-state index in [-0.39, 0.29) is 11.6 Å². The maximum absolute atomic E-state index is 5.59. The van der Waals surface area contributed by atoms with Crippen LogP contribution in [0.5, 0.6) is 11.5 Å². The lowest BCUT2D eigenvalue weighted by molar-refractivity contribution is 0.191. The zero-order chi connectivity index (χ0) is 22.7. The van der Waals surface area contributed by atoms with Gasteiger partial charge in [0.1, 0.15) is 0 Å². The third-order valence-corrected chi connectivity index (χ3v) is 5.90. The molecule has 1 aromatic heterocycles. The van der Waals surface area contributed by atoms with Crippen LogP contribution in [0.2, 0.25) is 0 Å². The quantitative estimate of drug-likeness (QED) is 0.587. The number of tetrazole rings is 1. The number of rotatable bonds is 6. The molecule has 170 valence electrons. The van der Waals surface area contributed by atoms with Crippen LogP contribution < -0.4 is 14.4 Å². The molecule has 0 unspecified atom stereocenters. The highest BCUT2D eigenvalue weighted by atomic mass is 16.5. The molecule has 2 heterocycles. The van der Waals surface area contributed by atoms with Gasteiger partial charge >= 0.3 is 0 Å². The van der Waals surface area contributed by atoms with Crippen molar-refractivity contribution in [2.45, 2.75) is 32.4 Å². The van der Waals surface area contributed by atoms with E-state index >= 15 is 0 Å². The molecule has 32 heavy (non-hydrogen) atoms. The number of benzene rings is 2. The summed E-state index contributed by atoms with van der Waals surface area (Å²) in [6.45, 7) is 10.0. The standard InChI is InChI=1S/C24H32N6O2/c1-24(2,3)30-23(25-26-27-30)22(18-11-12-20(31-4)21(17-18)32-5)29-15-13-28(14-16-29)19-9-7-6-8-10-19/h6-12,17,22H,13-16H2,1-5H3/t22-/m1/s1. The van der Waals surface area contributed by atoms with E-state index < -0.39 is 0 Å². The third kappa shape index (κ3) is 4.41. The monoisotopic (exact) mass is 436 g/mol. The van der Waals surface area contributed by atoms with Crippen LogP contribution in [0, 0.1) is 0 Å². The molecule has 1 aliphatic heterocycles. The van der Waals surface area contributed by atoms with E-state index in [1.807, 2.05) is 16.8 Å². The minimum Gasteiger partial charge on any atom is -0.493 e. The number of ether oxygens (including phenoxy) is 2. The Bertz CT molecular complexity index is 1020. The lowest BCUT2D eigenvalue weighted by atomic mass is 10.0. The number of anilines is 1. The zero-order valence-corrected chi connectivity index (χ0v) is 19.5. The highest BCUT2D eigenvalue weighted by Gasteiger charge is 2.33. The molecular weight excluding hydrogens is 404 g/mol. The lowest BCUT2D eigenvalue weighted by Gasteiger charge is -2.40. The van der Waals surface area contributed by atoms with E-state index in [1.54, 1.807) is 14.2 Å². The maximum Gasteiger partial charge on any atom is 0.173 e. The normalized spacial score (nSPS) is 16.1. The topological polar surface area (TPSA) is 68.5 Å². The van der Waals surface area contributed by atoms with Crippen molar-refractivity contribution in [3.8, 4) is 11.5 Å². The van der Waals surface area contributed by atoms with Crippen LogP contribution >= 0.6 is 0 Å². The van der Waals surface area contributed by atoms with Crippen molar-refractivity contribution < 1.29 is 9.47 Å². The maximum atomic E-state index is 5.59. The fourth-order valence-electron chi connectivity index (χ4n) is 4.27. The summed E-state index contributed by atoms with van der Waals surface area (Å²) < 4.78 is 13.0. The molecule has 8 nitrogen and oxygen atoms in total. The average molecular weight is 437 g/mol. The Hall–Kier alpha value is -3.13. The van der Waals surface area contributed by atoms with Gasteiger partial charge < -0.3 is 14.4 Å². The van der Waals surface area contributed by atoms with Gasteiger partial charge in [0, 0.05) is 31.9 Å².